The average Bonchev–Trinajstić information content (AvgIpc) is 2.76. The molecule has 0 aliphatic carbocycles. The number of nitrogens with zero attached hydrogens (tertiary/aromatic N) is 2. The number of nitrogens with one attached hydrogen (secondary N) is 1. The van der Waals surface area contributed by atoms with Crippen molar-refractivity contribution in [2.75, 3.05) is 5.32 Å². The molecule has 1 amide bonds. The Morgan fingerprint density at radius 3 is 2.89 bits per heavy atom. The quantitative estimate of drug-likeness (QED) is 0.936. The largest absolute Gasteiger partial charge is 0.305 e. The normalized spacial score (nSPS) is 10.4. The first kappa shape index (κ1) is 13.1. The number of anilines is 1. The molecular formula is C12H11BrClN3O. The number of hydrogen-bond acceptors (Lipinski definition) is 2. The Balaban J connectivity index is 2.16. The summed E-state index contributed by atoms with van der Waals surface area (Å²) in [5, 5.41) is 7.49. The summed E-state index contributed by atoms with van der Waals surface area (Å²) in [5.74, 6) is 0.309. The molecular weight excluding hydrogens is 318 g/mol. The van der Waals surface area contributed by atoms with E-state index in [0.717, 1.165) is 6.54 Å². The standard InChI is InChI=1S/C12H11BrClN3O/c1-2-17-6-5-11(16-17)15-12(18)9-4-3-8(14)7-10(9)13/h3-7H,2H2,1H3,(H,15,16,18). The van der Waals surface area contributed by atoms with Crippen molar-refractivity contribution < 1.29 is 4.79 Å². The van der Waals surface area contributed by atoms with Gasteiger partial charge in [-0.2, -0.15) is 5.10 Å². The van der Waals surface area contributed by atoms with Crippen LogP contribution < -0.4 is 5.32 Å². The van der Waals surface area contributed by atoms with E-state index in [-0.39, 0.29) is 5.91 Å². The second-order valence-corrected chi connectivity index (χ2v) is 4.93. The van der Waals surface area contributed by atoms with Gasteiger partial charge in [-0.3, -0.25) is 9.48 Å². The first-order valence-corrected chi connectivity index (χ1v) is 6.57. The molecule has 0 atom stereocenters. The van der Waals surface area contributed by atoms with Crippen LogP contribution in [-0.4, -0.2) is 15.7 Å². The number of carbonyl (C=O) groups is 1. The van der Waals surface area contributed by atoms with E-state index in [4.69, 9.17) is 11.6 Å². The zero-order valence-electron chi connectivity index (χ0n) is 9.65. The number of benzene rings is 1. The van der Waals surface area contributed by atoms with Crippen molar-refractivity contribution in [2.24, 2.45) is 0 Å². The lowest BCUT2D eigenvalue weighted by Gasteiger charge is -2.04. The van der Waals surface area contributed by atoms with E-state index in [0.29, 0.717) is 20.9 Å². The fraction of sp³-hybridized carbons (Fsp3) is 0.167. The van der Waals surface area contributed by atoms with Crippen LogP contribution in [0, 0.1) is 0 Å². The number of amides is 1. The smallest absolute Gasteiger partial charge is 0.258 e. The average molecular weight is 329 g/mol. The van der Waals surface area contributed by atoms with Crippen LogP contribution in [0.3, 0.4) is 0 Å². The Morgan fingerprint density at radius 2 is 2.28 bits per heavy atom. The topological polar surface area (TPSA) is 46.9 Å². The van der Waals surface area contributed by atoms with Crippen LogP contribution in [0.25, 0.3) is 0 Å². The molecule has 0 radical (unpaired) electrons. The van der Waals surface area contributed by atoms with Gasteiger partial charge in [0.15, 0.2) is 5.82 Å². The predicted octanol–water partition coefficient (Wildman–Crippen LogP) is 3.57. The molecule has 94 valence electrons. The lowest BCUT2D eigenvalue weighted by Crippen LogP contribution is -2.13. The van der Waals surface area contributed by atoms with Gasteiger partial charge in [0.1, 0.15) is 0 Å². The van der Waals surface area contributed by atoms with Gasteiger partial charge in [-0.05, 0) is 41.1 Å². The highest BCUT2D eigenvalue weighted by atomic mass is 79.9. The van der Waals surface area contributed by atoms with Crippen LogP contribution in [0.4, 0.5) is 5.82 Å². The molecule has 0 unspecified atom stereocenters. The Morgan fingerprint density at radius 1 is 1.50 bits per heavy atom. The third-order valence-electron chi connectivity index (χ3n) is 2.38. The van der Waals surface area contributed by atoms with E-state index >= 15 is 0 Å². The highest BCUT2D eigenvalue weighted by molar-refractivity contribution is 9.10. The van der Waals surface area contributed by atoms with Gasteiger partial charge in [0.05, 0.1) is 5.56 Å². The Labute approximate surface area is 118 Å². The molecule has 2 aromatic rings. The van der Waals surface area contributed by atoms with Crippen molar-refractivity contribution in [1.29, 1.82) is 0 Å². The fourth-order valence-corrected chi connectivity index (χ4v) is 2.32. The first-order chi connectivity index (χ1) is 8.60. The summed E-state index contributed by atoms with van der Waals surface area (Å²) in [7, 11) is 0. The highest BCUT2D eigenvalue weighted by Gasteiger charge is 2.11. The maximum Gasteiger partial charge on any atom is 0.258 e. The molecule has 0 bridgehead atoms. The molecule has 2 rings (SSSR count). The molecule has 4 nitrogen and oxygen atoms in total. The molecule has 0 aliphatic rings. The van der Waals surface area contributed by atoms with Crippen LogP contribution >= 0.6 is 27.5 Å². The molecule has 0 fully saturated rings. The van der Waals surface area contributed by atoms with E-state index in [2.05, 4.69) is 26.3 Å². The highest BCUT2D eigenvalue weighted by Crippen LogP contribution is 2.22. The second-order valence-electron chi connectivity index (χ2n) is 3.63. The Kier molecular flexibility index (Phi) is 4.04. The Hall–Kier alpha value is -1.33. The van der Waals surface area contributed by atoms with Crippen LogP contribution in [-0.2, 0) is 6.54 Å². The number of halogens is 2. The minimum Gasteiger partial charge on any atom is -0.305 e. The SMILES string of the molecule is CCn1ccc(NC(=O)c2ccc(Cl)cc2Br)n1. The van der Waals surface area contributed by atoms with Gasteiger partial charge in [-0.1, -0.05) is 11.6 Å². The van der Waals surface area contributed by atoms with Gasteiger partial charge < -0.3 is 5.32 Å². The summed E-state index contributed by atoms with van der Waals surface area (Å²) in [6.07, 6.45) is 1.81. The summed E-state index contributed by atoms with van der Waals surface area (Å²) >= 11 is 9.14. The summed E-state index contributed by atoms with van der Waals surface area (Å²) in [5.41, 5.74) is 0.519. The maximum atomic E-state index is 12.0. The summed E-state index contributed by atoms with van der Waals surface area (Å²) in [6.45, 7) is 2.74. The zero-order valence-corrected chi connectivity index (χ0v) is 12.0. The second kappa shape index (κ2) is 5.54. The van der Waals surface area contributed by atoms with E-state index < -0.39 is 0 Å². The van der Waals surface area contributed by atoms with E-state index in [9.17, 15) is 4.79 Å². The number of aromatic nitrogens is 2. The first-order valence-electron chi connectivity index (χ1n) is 5.40. The van der Waals surface area contributed by atoms with Crippen LogP contribution in [0.5, 0.6) is 0 Å². The van der Waals surface area contributed by atoms with Crippen molar-refractivity contribution in [3.8, 4) is 0 Å². The maximum absolute atomic E-state index is 12.0. The van der Waals surface area contributed by atoms with E-state index in [1.807, 2.05) is 13.1 Å². The number of rotatable bonds is 3. The van der Waals surface area contributed by atoms with Gasteiger partial charge >= 0.3 is 0 Å². The summed E-state index contributed by atoms with van der Waals surface area (Å²) in [4.78, 5) is 12.0. The number of carbonyl (C=O) groups excluding carboxylic acids is 1. The molecule has 0 saturated carbocycles. The lowest BCUT2D eigenvalue weighted by molar-refractivity contribution is 0.102. The van der Waals surface area contributed by atoms with Crippen molar-refractivity contribution >= 4 is 39.3 Å². The van der Waals surface area contributed by atoms with E-state index in [1.54, 1.807) is 28.9 Å². The molecule has 18 heavy (non-hydrogen) atoms. The molecule has 0 aliphatic heterocycles. The molecule has 1 aromatic heterocycles. The van der Waals surface area contributed by atoms with Crippen LogP contribution in [0.1, 0.15) is 17.3 Å². The molecule has 6 heteroatoms. The third-order valence-corrected chi connectivity index (χ3v) is 3.27. The molecule has 1 N–H and O–H groups in total. The molecule has 1 aromatic carbocycles. The monoisotopic (exact) mass is 327 g/mol. The van der Waals surface area contributed by atoms with Crippen molar-refractivity contribution in [1.82, 2.24) is 9.78 Å². The van der Waals surface area contributed by atoms with Crippen molar-refractivity contribution in [3.05, 3.63) is 45.5 Å². The van der Waals surface area contributed by atoms with Crippen molar-refractivity contribution in [3.63, 3.8) is 0 Å². The van der Waals surface area contributed by atoms with Crippen LogP contribution in [0.2, 0.25) is 5.02 Å². The number of hydrogen-bond donors (Lipinski definition) is 1. The summed E-state index contributed by atoms with van der Waals surface area (Å²) < 4.78 is 2.40. The summed E-state index contributed by atoms with van der Waals surface area (Å²) in [6, 6.07) is 6.77. The third kappa shape index (κ3) is 2.91. The lowest BCUT2D eigenvalue weighted by atomic mass is 10.2. The molecule has 0 spiro atoms. The van der Waals surface area contributed by atoms with Crippen LogP contribution in [0.15, 0.2) is 34.9 Å². The van der Waals surface area contributed by atoms with Gasteiger partial charge in [-0.15, -0.1) is 0 Å². The minimum absolute atomic E-state index is 0.222. The fourth-order valence-electron chi connectivity index (χ4n) is 1.46. The zero-order chi connectivity index (χ0) is 13.1. The van der Waals surface area contributed by atoms with Gasteiger partial charge in [0.2, 0.25) is 0 Å². The van der Waals surface area contributed by atoms with E-state index in [1.165, 1.54) is 0 Å². The molecule has 0 saturated heterocycles. The van der Waals surface area contributed by atoms with Gasteiger partial charge in [-0.25, -0.2) is 0 Å². The minimum atomic E-state index is -0.222. The van der Waals surface area contributed by atoms with Gasteiger partial charge in [0, 0.05) is 28.3 Å². The predicted molar refractivity (Wildman–Crippen MR) is 75.0 cm³/mol. The number of aryl methyl sites for hydroxylation is 1. The molecule has 1 heterocycles. The Bertz CT molecular complexity index is 582. The van der Waals surface area contributed by atoms with Gasteiger partial charge in [0.25, 0.3) is 5.91 Å². The van der Waals surface area contributed by atoms with Crippen molar-refractivity contribution in [2.45, 2.75) is 13.5 Å².